The SMILES string of the molecule is COc1ccc(N(Cc2ccccc2)S(=O)(=O)Cc2ccccc2[N+](=O)[O-])cc1. The second-order valence-corrected chi connectivity index (χ2v) is 8.23. The van der Waals surface area contributed by atoms with Crippen LogP contribution in [0.1, 0.15) is 11.1 Å². The number of nitro benzene ring substituents is 1. The third kappa shape index (κ3) is 4.91. The van der Waals surface area contributed by atoms with Crippen LogP contribution in [0, 0.1) is 10.1 Å². The molecular formula is C21H20N2O5S. The zero-order valence-electron chi connectivity index (χ0n) is 15.8. The lowest BCUT2D eigenvalue weighted by molar-refractivity contribution is -0.385. The van der Waals surface area contributed by atoms with Gasteiger partial charge in [-0.3, -0.25) is 14.4 Å². The molecule has 0 aromatic heterocycles. The van der Waals surface area contributed by atoms with E-state index in [0.717, 1.165) is 5.56 Å². The summed E-state index contributed by atoms with van der Waals surface area (Å²) < 4.78 is 33.0. The maximum absolute atomic E-state index is 13.3. The molecule has 0 aliphatic rings. The van der Waals surface area contributed by atoms with Gasteiger partial charge in [-0.2, -0.15) is 0 Å². The molecule has 3 aromatic carbocycles. The standard InChI is InChI=1S/C21H20N2O5S/c1-28-20-13-11-19(12-14-20)22(15-17-7-3-2-4-8-17)29(26,27)16-18-9-5-6-10-21(18)23(24)25/h2-14H,15-16H2,1H3. The van der Waals surface area contributed by atoms with E-state index in [-0.39, 0.29) is 17.8 Å². The number of hydrogen-bond donors (Lipinski definition) is 0. The van der Waals surface area contributed by atoms with Gasteiger partial charge in [-0.05, 0) is 29.8 Å². The van der Waals surface area contributed by atoms with Crippen molar-refractivity contribution in [1.29, 1.82) is 0 Å². The van der Waals surface area contributed by atoms with Gasteiger partial charge in [0.25, 0.3) is 5.69 Å². The van der Waals surface area contributed by atoms with E-state index in [1.807, 2.05) is 30.3 Å². The van der Waals surface area contributed by atoms with Crippen LogP contribution in [-0.2, 0) is 22.3 Å². The van der Waals surface area contributed by atoms with Crippen molar-refractivity contribution in [2.45, 2.75) is 12.3 Å². The largest absolute Gasteiger partial charge is 0.497 e. The molecule has 29 heavy (non-hydrogen) atoms. The predicted molar refractivity (Wildman–Crippen MR) is 111 cm³/mol. The molecule has 0 radical (unpaired) electrons. The van der Waals surface area contributed by atoms with E-state index in [1.165, 1.54) is 29.6 Å². The summed E-state index contributed by atoms with van der Waals surface area (Å²) in [5.41, 5.74) is 1.18. The van der Waals surface area contributed by atoms with E-state index in [1.54, 1.807) is 30.3 Å². The van der Waals surface area contributed by atoms with E-state index in [2.05, 4.69) is 0 Å². The van der Waals surface area contributed by atoms with Crippen LogP contribution in [0.5, 0.6) is 5.75 Å². The lowest BCUT2D eigenvalue weighted by Crippen LogP contribution is -2.31. The summed E-state index contributed by atoms with van der Waals surface area (Å²) in [6.07, 6.45) is 0. The van der Waals surface area contributed by atoms with E-state index < -0.39 is 20.7 Å². The van der Waals surface area contributed by atoms with Crippen molar-refractivity contribution in [2.24, 2.45) is 0 Å². The van der Waals surface area contributed by atoms with Crippen LogP contribution in [0.4, 0.5) is 11.4 Å². The summed E-state index contributed by atoms with van der Waals surface area (Å²) in [6, 6.07) is 21.7. The van der Waals surface area contributed by atoms with Crippen LogP contribution in [-0.4, -0.2) is 20.5 Å². The molecule has 0 heterocycles. The Bertz CT molecular complexity index is 1080. The molecule has 0 atom stereocenters. The normalized spacial score (nSPS) is 11.1. The first-order valence-corrected chi connectivity index (χ1v) is 10.4. The molecule has 8 heteroatoms. The van der Waals surface area contributed by atoms with Crippen LogP contribution < -0.4 is 9.04 Å². The molecule has 0 amide bonds. The van der Waals surface area contributed by atoms with Gasteiger partial charge in [-0.15, -0.1) is 0 Å². The number of benzene rings is 3. The van der Waals surface area contributed by atoms with Crippen LogP contribution >= 0.6 is 0 Å². The van der Waals surface area contributed by atoms with E-state index in [0.29, 0.717) is 11.4 Å². The second-order valence-electron chi connectivity index (χ2n) is 6.33. The minimum atomic E-state index is -3.91. The molecule has 3 aromatic rings. The number of methoxy groups -OCH3 is 1. The highest BCUT2D eigenvalue weighted by Crippen LogP contribution is 2.28. The number of hydrogen-bond acceptors (Lipinski definition) is 5. The minimum absolute atomic E-state index is 0.107. The zero-order chi connectivity index (χ0) is 20.9. The Hall–Kier alpha value is -3.39. The third-order valence-corrected chi connectivity index (χ3v) is 6.08. The quantitative estimate of drug-likeness (QED) is 0.410. The highest BCUT2D eigenvalue weighted by molar-refractivity contribution is 7.92. The Morgan fingerprint density at radius 1 is 0.931 bits per heavy atom. The Balaban J connectivity index is 2.00. The van der Waals surface area contributed by atoms with Crippen LogP contribution in [0.2, 0.25) is 0 Å². The van der Waals surface area contributed by atoms with Gasteiger partial charge in [0.15, 0.2) is 0 Å². The van der Waals surface area contributed by atoms with E-state index >= 15 is 0 Å². The molecule has 0 spiro atoms. The Kier molecular flexibility index (Phi) is 6.13. The van der Waals surface area contributed by atoms with E-state index in [9.17, 15) is 18.5 Å². The van der Waals surface area contributed by atoms with Crippen molar-refractivity contribution in [3.63, 3.8) is 0 Å². The van der Waals surface area contributed by atoms with Gasteiger partial charge in [-0.25, -0.2) is 8.42 Å². The number of para-hydroxylation sites is 1. The summed E-state index contributed by atoms with van der Waals surface area (Å²) in [7, 11) is -2.38. The van der Waals surface area contributed by atoms with Gasteiger partial charge in [0.05, 0.1) is 24.3 Å². The van der Waals surface area contributed by atoms with Gasteiger partial charge in [0, 0.05) is 11.6 Å². The zero-order valence-corrected chi connectivity index (χ0v) is 16.6. The number of nitrogens with zero attached hydrogens (tertiary/aromatic N) is 2. The second kappa shape index (κ2) is 8.74. The molecular weight excluding hydrogens is 392 g/mol. The maximum Gasteiger partial charge on any atom is 0.273 e. The number of ether oxygens (including phenoxy) is 1. The van der Waals surface area contributed by atoms with Crippen LogP contribution in [0.3, 0.4) is 0 Å². The summed E-state index contributed by atoms with van der Waals surface area (Å²) in [6.45, 7) is 0.107. The molecule has 0 aliphatic carbocycles. The molecule has 0 N–H and O–H groups in total. The predicted octanol–water partition coefficient (Wildman–Crippen LogP) is 4.14. The summed E-state index contributed by atoms with van der Waals surface area (Å²) in [5, 5.41) is 11.3. The van der Waals surface area contributed by atoms with Crippen molar-refractivity contribution in [3.05, 3.63) is 100 Å². The van der Waals surface area contributed by atoms with Gasteiger partial charge >= 0.3 is 0 Å². The molecule has 150 valence electrons. The third-order valence-electron chi connectivity index (χ3n) is 4.39. The number of anilines is 1. The molecule has 3 rings (SSSR count). The van der Waals surface area contributed by atoms with E-state index in [4.69, 9.17) is 4.74 Å². The fourth-order valence-corrected chi connectivity index (χ4v) is 4.52. The Morgan fingerprint density at radius 2 is 1.55 bits per heavy atom. The highest BCUT2D eigenvalue weighted by atomic mass is 32.2. The molecule has 0 unspecified atom stereocenters. The van der Waals surface area contributed by atoms with Crippen molar-refractivity contribution >= 4 is 21.4 Å². The fourth-order valence-electron chi connectivity index (χ4n) is 2.93. The van der Waals surface area contributed by atoms with Gasteiger partial charge < -0.3 is 4.74 Å². The van der Waals surface area contributed by atoms with Crippen molar-refractivity contribution in [2.75, 3.05) is 11.4 Å². The molecule has 0 fully saturated rings. The van der Waals surface area contributed by atoms with Crippen molar-refractivity contribution in [3.8, 4) is 5.75 Å². The number of rotatable bonds is 8. The Labute approximate surface area is 169 Å². The highest BCUT2D eigenvalue weighted by Gasteiger charge is 2.27. The molecule has 0 saturated carbocycles. The Morgan fingerprint density at radius 3 is 2.17 bits per heavy atom. The first-order valence-electron chi connectivity index (χ1n) is 8.81. The topological polar surface area (TPSA) is 89.8 Å². The van der Waals surface area contributed by atoms with Gasteiger partial charge in [-0.1, -0.05) is 48.5 Å². The monoisotopic (exact) mass is 412 g/mol. The summed E-state index contributed by atoms with van der Waals surface area (Å²) in [5.74, 6) is 0.118. The first kappa shape index (κ1) is 20.3. The molecule has 0 aliphatic heterocycles. The van der Waals surface area contributed by atoms with Crippen LogP contribution in [0.15, 0.2) is 78.9 Å². The summed E-state index contributed by atoms with van der Waals surface area (Å²) in [4.78, 5) is 10.7. The fraction of sp³-hybridized carbons (Fsp3) is 0.143. The lowest BCUT2D eigenvalue weighted by Gasteiger charge is -2.25. The molecule has 0 saturated heterocycles. The average Bonchev–Trinajstić information content (AvgIpc) is 2.73. The van der Waals surface area contributed by atoms with Crippen molar-refractivity contribution < 1.29 is 18.1 Å². The number of sulfonamides is 1. The number of nitro groups is 1. The first-order chi connectivity index (χ1) is 13.9. The average molecular weight is 412 g/mol. The molecule has 0 bridgehead atoms. The maximum atomic E-state index is 13.3. The smallest absolute Gasteiger partial charge is 0.273 e. The van der Waals surface area contributed by atoms with Gasteiger partial charge in [0.2, 0.25) is 10.0 Å². The van der Waals surface area contributed by atoms with Crippen molar-refractivity contribution in [1.82, 2.24) is 0 Å². The molecule has 7 nitrogen and oxygen atoms in total. The van der Waals surface area contributed by atoms with Gasteiger partial charge in [0.1, 0.15) is 11.5 Å². The minimum Gasteiger partial charge on any atom is -0.497 e. The lowest BCUT2D eigenvalue weighted by atomic mass is 10.2. The summed E-state index contributed by atoms with van der Waals surface area (Å²) >= 11 is 0. The van der Waals surface area contributed by atoms with Crippen LogP contribution in [0.25, 0.3) is 0 Å².